The third-order valence-corrected chi connectivity index (χ3v) is 7.71. The molecule has 2 aliphatic rings. The molecule has 0 aromatic carbocycles. The first-order valence-electron chi connectivity index (χ1n) is 15.8. The molecule has 6 amide bonds. The van der Waals surface area contributed by atoms with E-state index in [0.717, 1.165) is 44.9 Å². The van der Waals surface area contributed by atoms with Crippen LogP contribution in [0.15, 0.2) is 36.5 Å². The van der Waals surface area contributed by atoms with Gasteiger partial charge >= 0.3 is 0 Å². The second kappa shape index (κ2) is 20.0. The first kappa shape index (κ1) is 36.1. The second-order valence-corrected chi connectivity index (χ2v) is 11.7. The van der Waals surface area contributed by atoms with E-state index in [1.54, 1.807) is 0 Å². The van der Waals surface area contributed by atoms with Gasteiger partial charge in [-0.05, 0) is 69.6 Å². The Balaban J connectivity index is 1.43. The molecule has 3 atom stereocenters. The molecule has 0 saturated heterocycles. The predicted molar refractivity (Wildman–Crippen MR) is 165 cm³/mol. The molecule has 0 aromatic heterocycles. The van der Waals surface area contributed by atoms with E-state index in [0.29, 0.717) is 51.9 Å². The molecular formula is C33H47N5O6. The van der Waals surface area contributed by atoms with Crippen LogP contribution >= 0.6 is 0 Å². The predicted octanol–water partition coefficient (Wildman–Crippen LogP) is 3.33. The molecule has 0 aromatic rings. The van der Waals surface area contributed by atoms with Crippen molar-refractivity contribution in [1.82, 2.24) is 20.4 Å². The summed E-state index contributed by atoms with van der Waals surface area (Å²) in [7, 11) is 0. The molecule has 11 heteroatoms. The molecule has 2 N–H and O–H groups in total. The van der Waals surface area contributed by atoms with Gasteiger partial charge in [0, 0.05) is 69.2 Å². The molecular weight excluding hydrogens is 562 g/mol. The number of unbranched alkanes of at least 4 members (excludes halogenated alkanes) is 1. The van der Waals surface area contributed by atoms with Gasteiger partial charge in [-0.3, -0.25) is 38.6 Å². The number of nitrogens with zero attached hydrogens (tertiary/aromatic N) is 3. The molecule has 0 bridgehead atoms. The fourth-order valence-electron chi connectivity index (χ4n) is 5.05. The third kappa shape index (κ3) is 13.9. The lowest BCUT2D eigenvalue weighted by molar-refractivity contribution is -0.139. The third-order valence-electron chi connectivity index (χ3n) is 7.71. The van der Waals surface area contributed by atoms with E-state index < -0.39 is 0 Å². The lowest BCUT2D eigenvalue weighted by atomic mass is 9.98. The largest absolute Gasteiger partial charge is 0.356 e. The SMILES string of the molecule is CC(CCCNC(=O)CCC/C=C/CCC(C#N)CCC(=O)NCCCC(C)CN1C(=O)C=CC1=O)CN1C(=O)C=CC1=O. The fraction of sp³-hybridized carbons (Fsp3) is 0.606. The number of hydrogen-bond acceptors (Lipinski definition) is 7. The number of carbonyl (C=O) groups is 6. The molecule has 11 nitrogen and oxygen atoms in total. The molecule has 0 radical (unpaired) electrons. The Labute approximate surface area is 260 Å². The van der Waals surface area contributed by atoms with Gasteiger partial charge in [0.15, 0.2) is 0 Å². The average molecular weight is 610 g/mol. The summed E-state index contributed by atoms with van der Waals surface area (Å²) in [5.74, 6) is -1.05. The maximum Gasteiger partial charge on any atom is 0.253 e. The summed E-state index contributed by atoms with van der Waals surface area (Å²) in [6, 6.07) is 2.28. The summed E-state index contributed by atoms with van der Waals surface area (Å²) < 4.78 is 0. The number of amides is 6. The number of imide groups is 2. The molecule has 240 valence electrons. The van der Waals surface area contributed by atoms with Crippen LogP contribution in [0.1, 0.15) is 84.5 Å². The van der Waals surface area contributed by atoms with Gasteiger partial charge in [-0.2, -0.15) is 5.26 Å². The van der Waals surface area contributed by atoms with Gasteiger partial charge < -0.3 is 10.6 Å². The lowest BCUT2D eigenvalue weighted by Crippen LogP contribution is -2.34. The number of rotatable bonds is 22. The van der Waals surface area contributed by atoms with Crippen molar-refractivity contribution >= 4 is 35.4 Å². The van der Waals surface area contributed by atoms with Gasteiger partial charge in [-0.15, -0.1) is 0 Å². The van der Waals surface area contributed by atoms with Crippen LogP contribution in [0.25, 0.3) is 0 Å². The van der Waals surface area contributed by atoms with E-state index in [1.165, 1.54) is 34.1 Å². The van der Waals surface area contributed by atoms with Crippen LogP contribution in [0.5, 0.6) is 0 Å². The topological polar surface area (TPSA) is 157 Å². The smallest absolute Gasteiger partial charge is 0.253 e. The molecule has 0 spiro atoms. The maximum atomic E-state index is 12.2. The van der Waals surface area contributed by atoms with Crippen molar-refractivity contribution in [3.8, 4) is 6.07 Å². The Morgan fingerprint density at radius 2 is 1.16 bits per heavy atom. The number of carbonyl (C=O) groups excluding carboxylic acids is 6. The highest BCUT2D eigenvalue weighted by molar-refractivity contribution is 6.13. The highest BCUT2D eigenvalue weighted by Gasteiger charge is 2.25. The van der Waals surface area contributed by atoms with Gasteiger partial charge in [0.1, 0.15) is 0 Å². The van der Waals surface area contributed by atoms with E-state index in [-0.39, 0.29) is 53.2 Å². The Morgan fingerprint density at radius 3 is 1.64 bits per heavy atom. The van der Waals surface area contributed by atoms with Crippen molar-refractivity contribution in [2.45, 2.75) is 84.5 Å². The zero-order valence-electron chi connectivity index (χ0n) is 26.1. The van der Waals surface area contributed by atoms with Crippen molar-refractivity contribution in [2.24, 2.45) is 17.8 Å². The van der Waals surface area contributed by atoms with Gasteiger partial charge in [-0.1, -0.05) is 26.0 Å². The molecule has 3 unspecified atom stereocenters. The monoisotopic (exact) mass is 609 g/mol. The summed E-state index contributed by atoms with van der Waals surface area (Å²) in [5.41, 5.74) is 0. The van der Waals surface area contributed by atoms with Crippen LogP contribution < -0.4 is 10.6 Å². The molecule has 0 saturated carbocycles. The fourth-order valence-corrected chi connectivity index (χ4v) is 5.05. The number of hydrogen-bond donors (Lipinski definition) is 2. The zero-order valence-corrected chi connectivity index (χ0v) is 26.1. The van der Waals surface area contributed by atoms with Crippen molar-refractivity contribution in [2.75, 3.05) is 26.2 Å². The van der Waals surface area contributed by atoms with E-state index in [4.69, 9.17) is 0 Å². The summed E-state index contributed by atoms with van der Waals surface area (Å²) in [5, 5.41) is 15.2. The highest BCUT2D eigenvalue weighted by Crippen LogP contribution is 2.15. The quantitative estimate of drug-likeness (QED) is 0.108. The zero-order chi connectivity index (χ0) is 32.3. The van der Waals surface area contributed by atoms with Crippen LogP contribution in [0.4, 0.5) is 0 Å². The Morgan fingerprint density at radius 1 is 0.705 bits per heavy atom. The van der Waals surface area contributed by atoms with E-state index in [1.807, 2.05) is 26.0 Å². The number of nitriles is 1. The molecule has 0 aliphatic carbocycles. The van der Waals surface area contributed by atoms with Crippen molar-refractivity contribution < 1.29 is 28.8 Å². The van der Waals surface area contributed by atoms with Crippen molar-refractivity contribution in [1.29, 1.82) is 5.26 Å². The van der Waals surface area contributed by atoms with E-state index in [2.05, 4.69) is 16.7 Å². The molecule has 0 fully saturated rings. The highest BCUT2D eigenvalue weighted by atomic mass is 16.2. The van der Waals surface area contributed by atoms with Gasteiger partial charge in [-0.25, -0.2) is 0 Å². The van der Waals surface area contributed by atoms with E-state index in [9.17, 15) is 34.0 Å². The maximum absolute atomic E-state index is 12.2. The van der Waals surface area contributed by atoms with E-state index >= 15 is 0 Å². The summed E-state index contributed by atoms with van der Waals surface area (Å²) >= 11 is 0. The van der Waals surface area contributed by atoms with Gasteiger partial charge in [0.25, 0.3) is 23.6 Å². The number of nitrogens with one attached hydrogen (secondary N) is 2. The number of allylic oxidation sites excluding steroid dienone is 2. The van der Waals surface area contributed by atoms with Crippen molar-refractivity contribution in [3.63, 3.8) is 0 Å². The first-order chi connectivity index (χ1) is 21.1. The van der Waals surface area contributed by atoms with Crippen molar-refractivity contribution in [3.05, 3.63) is 36.5 Å². The van der Waals surface area contributed by atoms with Crippen LogP contribution in [0, 0.1) is 29.1 Å². The standard InChI is InChI=1S/C33H47N5O6/c1-25(23-37-30(41)16-17-31(37)42)10-8-20-35-28(39)13-7-5-3-4-6-12-27(22-34)14-15-29(40)36-21-9-11-26(2)24-38-32(43)18-19-33(38)44/h3-4,16-19,25-27H,5-15,20-21,23-24H2,1-2H3,(H,35,39)(H,36,40)/b4-3+. The summed E-state index contributed by atoms with van der Waals surface area (Å²) in [6.45, 7) is 5.81. The Kier molecular flexibility index (Phi) is 16.4. The van der Waals surface area contributed by atoms with Gasteiger partial charge in [0.2, 0.25) is 11.8 Å². The molecule has 2 heterocycles. The van der Waals surface area contributed by atoms with Crippen LogP contribution in [-0.4, -0.2) is 71.4 Å². The first-order valence-corrected chi connectivity index (χ1v) is 15.8. The molecule has 44 heavy (non-hydrogen) atoms. The second-order valence-electron chi connectivity index (χ2n) is 11.7. The summed E-state index contributed by atoms with van der Waals surface area (Å²) in [4.78, 5) is 73.3. The molecule has 2 aliphatic heterocycles. The minimum atomic E-state index is -0.277. The minimum Gasteiger partial charge on any atom is -0.356 e. The lowest BCUT2D eigenvalue weighted by Gasteiger charge is -2.19. The summed E-state index contributed by atoms with van der Waals surface area (Å²) in [6.07, 6.45) is 16.5. The van der Waals surface area contributed by atoms with Crippen LogP contribution in [-0.2, 0) is 28.8 Å². The minimum absolute atomic E-state index is 0.00472. The van der Waals surface area contributed by atoms with Crippen LogP contribution in [0.3, 0.4) is 0 Å². The Hall–Kier alpha value is -4.07. The molecule has 2 rings (SSSR count). The van der Waals surface area contributed by atoms with Crippen LogP contribution in [0.2, 0.25) is 0 Å². The van der Waals surface area contributed by atoms with Gasteiger partial charge in [0.05, 0.1) is 6.07 Å². The normalized spacial score (nSPS) is 16.6. The Bertz CT molecular complexity index is 1120. The average Bonchev–Trinajstić information content (AvgIpc) is 3.48.